The second kappa shape index (κ2) is 8.83. The van der Waals surface area contributed by atoms with Gasteiger partial charge in [-0.15, -0.1) is 0 Å². The molecule has 0 bridgehead atoms. The van der Waals surface area contributed by atoms with E-state index in [4.69, 9.17) is 9.47 Å². The lowest BCUT2D eigenvalue weighted by Crippen LogP contribution is -2.35. The molecule has 1 heterocycles. The molecule has 1 fully saturated rings. The van der Waals surface area contributed by atoms with Crippen LogP contribution in [-0.4, -0.2) is 56.2 Å². The van der Waals surface area contributed by atoms with E-state index in [1.54, 1.807) is 12.0 Å². The summed E-state index contributed by atoms with van der Waals surface area (Å²) in [4.78, 5) is 16.8. The van der Waals surface area contributed by atoms with Crippen LogP contribution in [0, 0.1) is 0 Å². The third-order valence-electron chi connectivity index (χ3n) is 4.64. The molecule has 0 aromatic heterocycles. The van der Waals surface area contributed by atoms with Crippen molar-refractivity contribution in [3.63, 3.8) is 0 Å². The van der Waals surface area contributed by atoms with Gasteiger partial charge in [-0.3, -0.25) is 9.69 Å². The largest absolute Gasteiger partial charge is 0.497 e. The maximum absolute atomic E-state index is 12.6. The van der Waals surface area contributed by atoms with Gasteiger partial charge < -0.3 is 14.4 Å². The molecular weight excluding hydrogens is 328 g/mol. The second-order valence-electron chi connectivity index (χ2n) is 6.59. The Morgan fingerprint density at radius 2 is 1.65 bits per heavy atom. The second-order valence-corrected chi connectivity index (χ2v) is 6.59. The first-order chi connectivity index (χ1) is 12.7. The van der Waals surface area contributed by atoms with Crippen molar-refractivity contribution in [1.82, 2.24) is 9.80 Å². The van der Waals surface area contributed by atoms with E-state index in [0.29, 0.717) is 12.1 Å². The summed E-state index contributed by atoms with van der Waals surface area (Å²) in [5, 5.41) is 0. The number of benzene rings is 2. The zero-order chi connectivity index (χ0) is 18.4. The van der Waals surface area contributed by atoms with Crippen LogP contribution in [0.5, 0.6) is 5.75 Å². The summed E-state index contributed by atoms with van der Waals surface area (Å²) in [7, 11) is 3.47. The number of nitrogens with zero attached hydrogens (tertiary/aromatic N) is 2. The molecule has 1 aliphatic heterocycles. The number of amides is 1. The first-order valence-corrected chi connectivity index (χ1v) is 8.93. The quantitative estimate of drug-likeness (QED) is 0.800. The van der Waals surface area contributed by atoms with Gasteiger partial charge >= 0.3 is 0 Å². The molecule has 2 aromatic carbocycles. The number of morpholine rings is 1. The van der Waals surface area contributed by atoms with Crippen LogP contribution in [0.1, 0.15) is 21.5 Å². The lowest BCUT2D eigenvalue weighted by atomic mass is 10.1. The summed E-state index contributed by atoms with van der Waals surface area (Å²) in [6, 6.07) is 15.7. The Hall–Kier alpha value is -2.37. The zero-order valence-corrected chi connectivity index (χ0v) is 15.5. The van der Waals surface area contributed by atoms with Crippen molar-refractivity contribution in [2.45, 2.75) is 13.1 Å². The van der Waals surface area contributed by atoms with E-state index in [0.717, 1.165) is 44.2 Å². The van der Waals surface area contributed by atoms with Crippen molar-refractivity contribution in [1.29, 1.82) is 0 Å². The minimum absolute atomic E-state index is 0.0266. The van der Waals surface area contributed by atoms with Gasteiger partial charge in [0.05, 0.1) is 20.3 Å². The van der Waals surface area contributed by atoms with Crippen LogP contribution < -0.4 is 4.74 Å². The Labute approximate surface area is 155 Å². The van der Waals surface area contributed by atoms with Crippen molar-refractivity contribution >= 4 is 5.91 Å². The monoisotopic (exact) mass is 354 g/mol. The van der Waals surface area contributed by atoms with Crippen molar-refractivity contribution in [2.24, 2.45) is 0 Å². The van der Waals surface area contributed by atoms with Gasteiger partial charge in [-0.1, -0.05) is 24.3 Å². The molecule has 26 heavy (non-hydrogen) atoms. The maximum atomic E-state index is 12.6. The first-order valence-electron chi connectivity index (χ1n) is 8.93. The van der Waals surface area contributed by atoms with Crippen LogP contribution in [0.4, 0.5) is 0 Å². The molecule has 5 heteroatoms. The highest BCUT2D eigenvalue weighted by Crippen LogP contribution is 2.15. The first kappa shape index (κ1) is 18.4. The van der Waals surface area contributed by atoms with Crippen molar-refractivity contribution < 1.29 is 14.3 Å². The topological polar surface area (TPSA) is 42.0 Å². The van der Waals surface area contributed by atoms with E-state index in [1.807, 2.05) is 55.6 Å². The standard InChI is InChI=1S/C21H26N2O3/c1-22(15-17-5-9-20(25-2)10-6-17)21(24)19-7-3-18(4-8-19)16-23-11-13-26-14-12-23/h3-10H,11-16H2,1-2H3. The third kappa shape index (κ3) is 4.84. The Bertz CT molecular complexity index is 707. The zero-order valence-electron chi connectivity index (χ0n) is 15.5. The fraction of sp³-hybridized carbons (Fsp3) is 0.381. The highest BCUT2D eigenvalue weighted by molar-refractivity contribution is 5.94. The average Bonchev–Trinajstić information content (AvgIpc) is 2.69. The van der Waals surface area contributed by atoms with Crippen LogP contribution in [0.15, 0.2) is 48.5 Å². The molecule has 5 nitrogen and oxygen atoms in total. The lowest BCUT2D eigenvalue weighted by molar-refractivity contribution is 0.0342. The lowest BCUT2D eigenvalue weighted by Gasteiger charge is -2.26. The van der Waals surface area contributed by atoms with Crippen LogP contribution in [0.3, 0.4) is 0 Å². The van der Waals surface area contributed by atoms with E-state index in [9.17, 15) is 4.79 Å². The molecule has 0 spiro atoms. The maximum Gasteiger partial charge on any atom is 0.253 e. The Morgan fingerprint density at radius 3 is 2.27 bits per heavy atom. The van der Waals surface area contributed by atoms with Crippen molar-refractivity contribution in [3.8, 4) is 5.75 Å². The summed E-state index contributed by atoms with van der Waals surface area (Å²) in [6.07, 6.45) is 0. The van der Waals surface area contributed by atoms with Crippen LogP contribution in [0.25, 0.3) is 0 Å². The van der Waals surface area contributed by atoms with Crippen LogP contribution in [-0.2, 0) is 17.8 Å². The van der Waals surface area contributed by atoms with Gasteiger partial charge in [-0.2, -0.15) is 0 Å². The van der Waals surface area contributed by atoms with Gasteiger partial charge in [-0.25, -0.2) is 0 Å². The van der Waals surface area contributed by atoms with Gasteiger partial charge in [0.15, 0.2) is 0 Å². The molecule has 2 aromatic rings. The van der Waals surface area contributed by atoms with Gasteiger partial charge in [0.2, 0.25) is 0 Å². The van der Waals surface area contributed by atoms with Gasteiger partial charge in [0.25, 0.3) is 5.91 Å². The van der Waals surface area contributed by atoms with Crippen molar-refractivity contribution in [2.75, 3.05) is 40.5 Å². The molecule has 0 radical (unpaired) electrons. The summed E-state index contributed by atoms with van der Waals surface area (Å²) < 4.78 is 10.5. The summed E-state index contributed by atoms with van der Waals surface area (Å²) in [5.74, 6) is 0.845. The minimum Gasteiger partial charge on any atom is -0.497 e. The summed E-state index contributed by atoms with van der Waals surface area (Å²) in [6.45, 7) is 4.99. The molecule has 0 N–H and O–H groups in total. The highest BCUT2D eigenvalue weighted by Gasteiger charge is 2.14. The average molecular weight is 354 g/mol. The third-order valence-corrected chi connectivity index (χ3v) is 4.64. The smallest absolute Gasteiger partial charge is 0.253 e. The number of carbonyl (C=O) groups is 1. The minimum atomic E-state index is 0.0266. The van der Waals surface area contributed by atoms with Gasteiger partial charge in [0.1, 0.15) is 5.75 Å². The summed E-state index contributed by atoms with van der Waals surface area (Å²) >= 11 is 0. The number of hydrogen-bond donors (Lipinski definition) is 0. The number of ether oxygens (including phenoxy) is 2. The van der Waals surface area contributed by atoms with Crippen LogP contribution in [0.2, 0.25) is 0 Å². The highest BCUT2D eigenvalue weighted by atomic mass is 16.5. The summed E-state index contributed by atoms with van der Waals surface area (Å²) in [5.41, 5.74) is 3.01. The molecule has 0 aliphatic carbocycles. The van der Waals surface area contributed by atoms with Crippen molar-refractivity contribution in [3.05, 3.63) is 65.2 Å². The molecule has 0 atom stereocenters. The van der Waals surface area contributed by atoms with E-state index in [-0.39, 0.29) is 5.91 Å². The van der Waals surface area contributed by atoms with E-state index in [2.05, 4.69) is 4.90 Å². The predicted octanol–water partition coefficient (Wildman–Crippen LogP) is 2.80. The van der Waals surface area contributed by atoms with Gasteiger partial charge in [0, 0.05) is 38.8 Å². The Balaban J connectivity index is 1.57. The molecule has 1 saturated heterocycles. The molecule has 3 rings (SSSR count). The number of rotatable bonds is 6. The normalized spacial score (nSPS) is 14.8. The fourth-order valence-electron chi connectivity index (χ4n) is 3.07. The van der Waals surface area contributed by atoms with Crippen LogP contribution >= 0.6 is 0 Å². The van der Waals surface area contributed by atoms with E-state index < -0.39 is 0 Å². The molecule has 1 amide bonds. The van der Waals surface area contributed by atoms with Gasteiger partial charge in [-0.05, 0) is 35.4 Å². The molecule has 0 unspecified atom stereocenters. The SMILES string of the molecule is COc1ccc(CN(C)C(=O)c2ccc(CN3CCOCC3)cc2)cc1. The number of carbonyl (C=O) groups excluding carboxylic acids is 1. The fourth-order valence-corrected chi connectivity index (χ4v) is 3.07. The number of methoxy groups -OCH3 is 1. The number of hydrogen-bond acceptors (Lipinski definition) is 4. The Morgan fingerprint density at radius 1 is 1.04 bits per heavy atom. The molecule has 1 aliphatic rings. The molecule has 0 saturated carbocycles. The van der Waals surface area contributed by atoms with E-state index >= 15 is 0 Å². The molecule has 138 valence electrons. The van der Waals surface area contributed by atoms with E-state index in [1.165, 1.54) is 5.56 Å². The Kier molecular flexibility index (Phi) is 6.26. The predicted molar refractivity (Wildman–Crippen MR) is 101 cm³/mol. The molecular formula is C21H26N2O3.